The van der Waals surface area contributed by atoms with Crippen LogP contribution in [0.2, 0.25) is 0 Å². The highest BCUT2D eigenvalue weighted by Crippen LogP contribution is 2.17. The summed E-state index contributed by atoms with van der Waals surface area (Å²) >= 11 is 0. The fourth-order valence-corrected chi connectivity index (χ4v) is 7.82. The van der Waals surface area contributed by atoms with E-state index in [1.165, 1.54) is 180 Å². The number of hydrogen-bond donors (Lipinski definition) is 3. The molecule has 0 aliphatic heterocycles. The van der Waals surface area contributed by atoms with Crippen molar-refractivity contribution < 1.29 is 15.0 Å². The van der Waals surface area contributed by atoms with E-state index < -0.39 is 12.1 Å². The lowest BCUT2D eigenvalue weighted by Gasteiger charge is -2.20. The van der Waals surface area contributed by atoms with Gasteiger partial charge >= 0.3 is 0 Å². The van der Waals surface area contributed by atoms with Gasteiger partial charge < -0.3 is 15.5 Å². The molecule has 0 aromatic carbocycles. The molecule has 0 bridgehead atoms. The first kappa shape index (κ1) is 57.1. The molecule has 0 fully saturated rings. The lowest BCUT2D eigenvalue weighted by Crippen LogP contribution is -2.45. The van der Waals surface area contributed by atoms with E-state index in [-0.39, 0.29) is 12.5 Å². The van der Waals surface area contributed by atoms with Gasteiger partial charge in [-0.3, -0.25) is 4.79 Å². The molecule has 4 nitrogen and oxygen atoms in total. The van der Waals surface area contributed by atoms with Gasteiger partial charge in [0, 0.05) is 6.42 Å². The monoisotopic (exact) mass is 824 g/mol. The van der Waals surface area contributed by atoms with Crippen molar-refractivity contribution in [3.8, 4) is 0 Å². The number of unbranched alkanes of at least 4 members (excludes halogenated alkanes) is 32. The predicted molar refractivity (Wildman–Crippen MR) is 262 cm³/mol. The van der Waals surface area contributed by atoms with Crippen LogP contribution in [0.5, 0.6) is 0 Å². The smallest absolute Gasteiger partial charge is 0.220 e. The quantitative estimate of drug-likeness (QED) is 0.0423. The number of carbonyl (C=O) groups excluding carboxylic acids is 1. The summed E-state index contributed by atoms with van der Waals surface area (Å²) in [5.74, 6) is -0.0776. The Kier molecular flexibility index (Phi) is 48.8. The molecule has 0 spiro atoms. The number of amides is 1. The number of nitrogens with one attached hydrogen (secondary N) is 1. The minimum atomic E-state index is -0.849. The molecule has 0 aliphatic carbocycles. The summed E-state index contributed by atoms with van der Waals surface area (Å²) in [6, 6.07) is -0.633. The maximum Gasteiger partial charge on any atom is 0.220 e. The summed E-state index contributed by atoms with van der Waals surface area (Å²) in [5, 5.41) is 23.1. The van der Waals surface area contributed by atoms with Crippen LogP contribution >= 0.6 is 0 Å². The van der Waals surface area contributed by atoms with Crippen LogP contribution in [0.1, 0.15) is 264 Å². The summed E-state index contributed by atoms with van der Waals surface area (Å²) < 4.78 is 0. The maximum absolute atomic E-state index is 12.4. The summed E-state index contributed by atoms with van der Waals surface area (Å²) in [6.07, 6.45) is 70.8. The van der Waals surface area contributed by atoms with Gasteiger partial charge in [-0.05, 0) is 57.8 Å². The number of hydrogen-bond acceptors (Lipinski definition) is 3. The van der Waals surface area contributed by atoms with Gasteiger partial charge in [-0.1, -0.05) is 261 Å². The van der Waals surface area contributed by atoms with Gasteiger partial charge in [0.2, 0.25) is 5.91 Å². The number of carbonyl (C=O) groups is 1. The fourth-order valence-electron chi connectivity index (χ4n) is 7.82. The first-order chi connectivity index (χ1) is 29.2. The molecule has 4 heteroatoms. The van der Waals surface area contributed by atoms with E-state index in [0.717, 1.165) is 64.2 Å². The minimum Gasteiger partial charge on any atom is -0.394 e. The van der Waals surface area contributed by atoms with Gasteiger partial charge in [0.1, 0.15) is 0 Å². The molecular weight excluding hydrogens is 723 g/mol. The molecule has 0 aliphatic rings. The van der Waals surface area contributed by atoms with Crippen LogP contribution in [0, 0.1) is 0 Å². The van der Waals surface area contributed by atoms with Crippen LogP contribution in [-0.4, -0.2) is 34.9 Å². The molecular formula is C55H101NO3. The highest BCUT2D eigenvalue weighted by molar-refractivity contribution is 5.76. The predicted octanol–water partition coefficient (Wildman–Crippen LogP) is 16.9. The van der Waals surface area contributed by atoms with E-state index >= 15 is 0 Å². The molecule has 0 aromatic heterocycles. The van der Waals surface area contributed by atoms with E-state index in [9.17, 15) is 15.0 Å². The summed E-state index contributed by atoms with van der Waals surface area (Å²) in [5.41, 5.74) is 0. The molecule has 0 rings (SSSR count). The normalized spacial score (nSPS) is 13.4. The molecule has 1 amide bonds. The largest absolute Gasteiger partial charge is 0.394 e. The van der Waals surface area contributed by atoms with Crippen LogP contribution < -0.4 is 5.32 Å². The van der Waals surface area contributed by atoms with Crippen LogP contribution in [0.25, 0.3) is 0 Å². The van der Waals surface area contributed by atoms with Gasteiger partial charge in [0.05, 0.1) is 18.8 Å². The van der Waals surface area contributed by atoms with Crippen molar-refractivity contribution in [1.82, 2.24) is 5.32 Å². The zero-order valence-electron chi connectivity index (χ0n) is 39.5. The second-order valence-electron chi connectivity index (χ2n) is 17.6. The summed E-state index contributed by atoms with van der Waals surface area (Å²) in [7, 11) is 0. The minimum absolute atomic E-state index is 0.0776. The topological polar surface area (TPSA) is 69.6 Å². The SMILES string of the molecule is CC/C=C\C/C=C\C/C=C\C/C=C\CCCCCCCCC(=O)NC(CO)C(O)/C=C/CCCCCCCCCCCCCCCCCCCCCCCCCCCC. The third-order valence-electron chi connectivity index (χ3n) is 11.8. The van der Waals surface area contributed by atoms with Crippen molar-refractivity contribution in [2.75, 3.05) is 6.61 Å². The Morgan fingerprint density at radius 3 is 1.12 bits per heavy atom. The first-order valence-electron chi connectivity index (χ1n) is 26.0. The Morgan fingerprint density at radius 2 is 0.746 bits per heavy atom. The zero-order chi connectivity index (χ0) is 42.8. The average Bonchev–Trinajstić information content (AvgIpc) is 3.24. The van der Waals surface area contributed by atoms with Crippen molar-refractivity contribution in [3.63, 3.8) is 0 Å². The lowest BCUT2D eigenvalue weighted by molar-refractivity contribution is -0.123. The molecule has 2 unspecified atom stereocenters. The summed E-state index contributed by atoms with van der Waals surface area (Å²) in [6.45, 7) is 4.21. The third kappa shape index (κ3) is 47.0. The molecule has 59 heavy (non-hydrogen) atoms. The Bertz CT molecular complexity index is 981. The highest BCUT2D eigenvalue weighted by Gasteiger charge is 2.18. The van der Waals surface area contributed by atoms with Crippen molar-refractivity contribution in [2.24, 2.45) is 0 Å². The standard InChI is InChI=1S/C55H101NO3/c1-3-5-7-9-11-13-15-17-19-21-23-24-25-26-27-28-29-30-31-33-34-36-38-40-42-44-46-48-50-54(58)53(52-57)56-55(59)51-49-47-45-43-41-39-37-35-32-22-20-18-16-14-12-10-8-6-4-2/h6,8,12,14,18,20,32,35,48,50,53-54,57-58H,3-5,7,9-11,13,15-17,19,21-31,33-34,36-47,49,51-52H2,1-2H3,(H,56,59)/b8-6-,14-12-,20-18-,35-32-,50-48+. The molecule has 3 N–H and O–H groups in total. The molecule has 0 radical (unpaired) electrons. The van der Waals surface area contributed by atoms with Crippen molar-refractivity contribution in [1.29, 1.82) is 0 Å². The first-order valence-corrected chi connectivity index (χ1v) is 26.0. The van der Waals surface area contributed by atoms with E-state index in [0.29, 0.717) is 6.42 Å². The maximum atomic E-state index is 12.4. The van der Waals surface area contributed by atoms with Gasteiger partial charge in [-0.15, -0.1) is 0 Å². The van der Waals surface area contributed by atoms with Crippen LogP contribution in [-0.2, 0) is 4.79 Å². The summed E-state index contributed by atoms with van der Waals surface area (Å²) in [4.78, 5) is 12.4. The fraction of sp³-hybridized carbons (Fsp3) is 0.800. The van der Waals surface area contributed by atoms with Crippen LogP contribution in [0.3, 0.4) is 0 Å². The van der Waals surface area contributed by atoms with Gasteiger partial charge in [-0.25, -0.2) is 0 Å². The average molecular weight is 824 g/mol. The molecule has 0 saturated carbocycles. The van der Waals surface area contributed by atoms with Gasteiger partial charge in [-0.2, -0.15) is 0 Å². The number of allylic oxidation sites excluding steroid dienone is 9. The van der Waals surface area contributed by atoms with Crippen molar-refractivity contribution >= 4 is 5.91 Å². The van der Waals surface area contributed by atoms with E-state index in [1.807, 2.05) is 6.08 Å². The van der Waals surface area contributed by atoms with Gasteiger partial charge in [0.25, 0.3) is 0 Å². The highest BCUT2D eigenvalue weighted by atomic mass is 16.3. The number of aliphatic hydroxyl groups is 2. The van der Waals surface area contributed by atoms with Gasteiger partial charge in [0.15, 0.2) is 0 Å². The van der Waals surface area contributed by atoms with E-state index in [2.05, 4.69) is 67.8 Å². The second-order valence-corrected chi connectivity index (χ2v) is 17.6. The molecule has 344 valence electrons. The van der Waals surface area contributed by atoms with Crippen molar-refractivity contribution in [2.45, 2.75) is 276 Å². The second kappa shape index (κ2) is 50.4. The van der Waals surface area contributed by atoms with Crippen LogP contribution in [0.4, 0.5) is 0 Å². The molecule has 2 atom stereocenters. The molecule has 0 saturated heterocycles. The van der Waals surface area contributed by atoms with Crippen molar-refractivity contribution in [3.05, 3.63) is 60.8 Å². The Labute approximate surface area is 368 Å². The Hall–Kier alpha value is -1.91. The zero-order valence-corrected chi connectivity index (χ0v) is 39.5. The molecule has 0 heterocycles. The number of rotatable bonds is 47. The third-order valence-corrected chi connectivity index (χ3v) is 11.8. The van der Waals surface area contributed by atoms with E-state index in [1.54, 1.807) is 6.08 Å². The molecule has 0 aromatic rings. The van der Waals surface area contributed by atoms with Crippen LogP contribution in [0.15, 0.2) is 60.8 Å². The van der Waals surface area contributed by atoms with E-state index in [4.69, 9.17) is 0 Å². The lowest BCUT2D eigenvalue weighted by atomic mass is 10.0. The Morgan fingerprint density at radius 1 is 0.424 bits per heavy atom. The number of aliphatic hydroxyl groups excluding tert-OH is 2. The Balaban J connectivity index is 3.52.